The molecule has 1 fully saturated rings. The lowest BCUT2D eigenvalue weighted by Gasteiger charge is -2.26. The molecule has 0 saturated carbocycles. The van der Waals surface area contributed by atoms with Crippen LogP contribution in [0.4, 0.5) is 11.5 Å². The molecule has 1 N–H and O–H groups in total. The highest BCUT2D eigenvalue weighted by molar-refractivity contribution is 9.10. The molecular formula is C20H22BrN5O2. The van der Waals surface area contributed by atoms with E-state index in [1.54, 1.807) is 6.20 Å². The van der Waals surface area contributed by atoms with Crippen LogP contribution in [0.25, 0.3) is 11.0 Å². The second-order valence-corrected chi connectivity index (χ2v) is 7.47. The molecule has 3 heterocycles. The number of hydrogen-bond acceptors (Lipinski definition) is 7. The van der Waals surface area contributed by atoms with E-state index >= 15 is 0 Å². The fourth-order valence-corrected chi connectivity index (χ4v) is 3.50. The first-order valence-corrected chi connectivity index (χ1v) is 10.1. The van der Waals surface area contributed by atoms with Crippen LogP contribution in [-0.4, -0.2) is 59.3 Å². The second kappa shape index (κ2) is 9.27. The van der Waals surface area contributed by atoms with E-state index in [1.165, 1.54) is 6.33 Å². The van der Waals surface area contributed by atoms with E-state index in [9.17, 15) is 0 Å². The average molecular weight is 444 g/mol. The van der Waals surface area contributed by atoms with E-state index in [2.05, 4.69) is 41.1 Å². The molecule has 0 bridgehead atoms. The number of pyridine rings is 1. The molecule has 8 heteroatoms. The van der Waals surface area contributed by atoms with Gasteiger partial charge in [0.25, 0.3) is 0 Å². The van der Waals surface area contributed by atoms with Crippen LogP contribution in [0.5, 0.6) is 5.75 Å². The molecule has 1 aromatic carbocycles. The summed E-state index contributed by atoms with van der Waals surface area (Å²) in [5.41, 5.74) is 2.39. The molecule has 0 unspecified atom stereocenters. The molecule has 3 aromatic rings. The van der Waals surface area contributed by atoms with Crippen LogP contribution in [0, 0.1) is 0 Å². The third kappa shape index (κ3) is 4.95. The molecule has 146 valence electrons. The van der Waals surface area contributed by atoms with Crippen LogP contribution in [0.1, 0.15) is 6.42 Å². The highest BCUT2D eigenvalue weighted by Gasteiger charge is 2.10. The molecule has 0 atom stereocenters. The van der Waals surface area contributed by atoms with Crippen LogP contribution in [-0.2, 0) is 4.74 Å². The number of nitrogens with zero attached hydrogens (tertiary/aromatic N) is 4. The first kappa shape index (κ1) is 19.0. The van der Waals surface area contributed by atoms with E-state index in [-0.39, 0.29) is 0 Å². The summed E-state index contributed by atoms with van der Waals surface area (Å²) in [6.45, 7) is 5.33. The quantitative estimate of drug-likeness (QED) is 0.558. The van der Waals surface area contributed by atoms with Crippen molar-refractivity contribution in [3.8, 4) is 5.75 Å². The number of rotatable bonds is 7. The van der Waals surface area contributed by atoms with Gasteiger partial charge in [-0.05, 0) is 24.6 Å². The number of anilines is 2. The van der Waals surface area contributed by atoms with Crippen molar-refractivity contribution < 1.29 is 9.47 Å². The lowest BCUT2D eigenvalue weighted by atomic mass is 10.3. The smallest absolute Gasteiger partial charge is 0.160 e. The molecule has 1 aliphatic heterocycles. The van der Waals surface area contributed by atoms with Gasteiger partial charge in [-0.15, -0.1) is 0 Å². The summed E-state index contributed by atoms with van der Waals surface area (Å²) < 4.78 is 12.2. The summed E-state index contributed by atoms with van der Waals surface area (Å²) in [5, 5.41) is 3.30. The second-order valence-electron chi connectivity index (χ2n) is 6.55. The Labute approximate surface area is 172 Å². The molecule has 2 aromatic heterocycles. The molecule has 7 nitrogen and oxygen atoms in total. The Kier molecular flexibility index (Phi) is 6.31. The van der Waals surface area contributed by atoms with Gasteiger partial charge in [0.1, 0.15) is 17.6 Å². The van der Waals surface area contributed by atoms with Gasteiger partial charge in [0.05, 0.1) is 31.5 Å². The van der Waals surface area contributed by atoms with Crippen LogP contribution in [0.2, 0.25) is 0 Å². The molecule has 1 aliphatic rings. The Balaban J connectivity index is 1.38. The van der Waals surface area contributed by atoms with Gasteiger partial charge in [-0.3, -0.25) is 4.90 Å². The topological polar surface area (TPSA) is 72.4 Å². The van der Waals surface area contributed by atoms with Gasteiger partial charge in [-0.25, -0.2) is 15.0 Å². The normalized spacial score (nSPS) is 14.9. The van der Waals surface area contributed by atoms with Crippen molar-refractivity contribution in [3.05, 3.63) is 47.3 Å². The van der Waals surface area contributed by atoms with Crippen LogP contribution >= 0.6 is 15.9 Å². The van der Waals surface area contributed by atoms with Crippen molar-refractivity contribution in [2.75, 3.05) is 44.8 Å². The first-order valence-electron chi connectivity index (χ1n) is 9.34. The zero-order valence-electron chi connectivity index (χ0n) is 15.5. The fraction of sp³-hybridized carbons (Fsp3) is 0.350. The highest BCUT2D eigenvalue weighted by atomic mass is 79.9. The minimum Gasteiger partial charge on any atom is -0.492 e. The largest absolute Gasteiger partial charge is 0.492 e. The fourth-order valence-electron chi connectivity index (χ4n) is 3.10. The van der Waals surface area contributed by atoms with Crippen molar-refractivity contribution in [2.45, 2.75) is 6.42 Å². The SMILES string of the molecule is Brc1cccc(Nc2ncnc3cc(OCCCN4CCOCC4)cnc23)c1. The summed E-state index contributed by atoms with van der Waals surface area (Å²) in [4.78, 5) is 15.6. The lowest BCUT2D eigenvalue weighted by Crippen LogP contribution is -2.37. The molecule has 0 aliphatic carbocycles. The van der Waals surface area contributed by atoms with Crippen molar-refractivity contribution in [1.29, 1.82) is 0 Å². The maximum absolute atomic E-state index is 5.87. The summed E-state index contributed by atoms with van der Waals surface area (Å²) in [7, 11) is 0. The number of aromatic nitrogens is 3. The number of morpholine rings is 1. The summed E-state index contributed by atoms with van der Waals surface area (Å²) in [5.74, 6) is 1.39. The number of fused-ring (bicyclic) bond motifs is 1. The Hall–Kier alpha value is -2.29. The van der Waals surface area contributed by atoms with Crippen LogP contribution in [0.3, 0.4) is 0 Å². The number of benzene rings is 1. The van der Waals surface area contributed by atoms with Crippen molar-refractivity contribution in [2.24, 2.45) is 0 Å². The maximum Gasteiger partial charge on any atom is 0.160 e. The van der Waals surface area contributed by atoms with Gasteiger partial charge in [0, 0.05) is 35.9 Å². The number of nitrogens with one attached hydrogen (secondary N) is 1. The molecular weight excluding hydrogens is 422 g/mol. The van der Waals surface area contributed by atoms with E-state index in [0.717, 1.165) is 60.7 Å². The van der Waals surface area contributed by atoms with Crippen molar-refractivity contribution in [1.82, 2.24) is 19.9 Å². The minimum absolute atomic E-state index is 0.652. The third-order valence-electron chi connectivity index (χ3n) is 4.53. The summed E-state index contributed by atoms with van der Waals surface area (Å²) in [6, 6.07) is 9.81. The monoisotopic (exact) mass is 443 g/mol. The summed E-state index contributed by atoms with van der Waals surface area (Å²) >= 11 is 3.48. The first-order chi connectivity index (χ1) is 13.8. The minimum atomic E-state index is 0.652. The zero-order valence-corrected chi connectivity index (χ0v) is 17.1. The van der Waals surface area contributed by atoms with Gasteiger partial charge in [0.2, 0.25) is 0 Å². The van der Waals surface area contributed by atoms with E-state index in [4.69, 9.17) is 9.47 Å². The average Bonchev–Trinajstić information content (AvgIpc) is 2.72. The Morgan fingerprint density at radius 2 is 2.04 bits per heavy atom. The molecule has 0 spiro atoms. The molecule has 4 rings (SSSR count). The Bertz CT molecular complexity index is 933. The van der Waals surface area contributed by atoms with Gasteiger partial charge >= 0.3 is 0 Å². The standard InChI is InChI=1S/C20H22BrN5O2/c21-15-3-1-4-16(11-15)25-20-19-18(23-14-24-20)12-17(13-22-19)28-8-2-5-26-6-9-27-10-7-26/h1,3-4,11-14H,2,5-10H2,(H,23,24,25). The lowest BCUT2D eigenvalue weighted by molar-refractivity contribution is 0.0358. The number of hydrogen-bond donors (Lipinski definition) is 1. The maximum atomic E-state index is 5.87. The van der Waals surface area contributed by atoms with Gasteiger partial charge in [-0.1, -0.05) is 22.0 Å². The van der Waals surface area contributed by atoms with Gasteiger partial charge in [0.15, 0.2) is 5.82 Å². The third-order valence-corrected chi connectivity index (χ3v) is 5.02. The van der Waals surface area contributed by atoms with Crippen molar-refractivity contribution >= 4 is 38.5 Å². The van der Waals surface area contributed by atoms with E-state index in [1.807, 2.05) is 30.3 Å². The summed E-state index contributed by atoms with van der Waals surface area (Å²) in [6.07, 6.45) is 4.23. The molecule has 1 saturated heterocycles. The van der Waals surface area contributed by atoms with Gasteiger partial charge in [-0.2, -0.15) is 0 Å². The zero-order chi connectivity index (χ0) is 19.2. The number of ether oxygens (including phenoxy) is 2. The van der Waals surface area contributed by atoms with E-state index in [0.29, 0.717) is 17.9 Å². The highest BCUT2D eigenvalue weighted by Crippen LogP contribution is 2.25. The van der Waals surface area contributed by atoms with Gasteiger partial charge < -0.3 is 14.8 Å². The molecule has 28 heavy (non-hydrogen) atoms. The van der Waals surface area contributed by atoms with Crippen LogP contribution < -0.4 is 10.1 Å². The predicted molar refractivity (Wildman–Crippen MR) is 112 cm³/mol. The predicted octanol–water partition coefficient (Wildman–Crippen LogP) is 3.63. The Morgan fingerprint density at radius 1 is 1.14 bits per heavy atom. The van der Waals surface area contributed by atoms with Crippen molar-refractivity contribution in [3.63, 3.8) is 0 Å². The Morgan fingerprint density at radius 3 is 2.89 bits per heavy atom. The van der Waals surface area contributed by atoms with E-state index < -0.39 is 0 Å². The number of halogens is 1. The molecule has 0 amide bonds. The molecule has 0 radical (unpaired) electrons. The van der Waals surface area contributed by atoms with Crippen LogP contribution in [0.15, 0.2) is 47.3 Å².